The van der Waals surface area contributed by atoms with E-state index in [9.17, 15) is 8.78 Å². The van der Waals surface area contributed by atoms with E-state index in [4.69, 9.17) is 0 Å². The SMILES string of the molecule is CC.CCCC(F)(F)CC(C)CCCCCC(C)CC. The first-order valence-electron chi connectivity index (χ1n) is 8.79. The third-order valence-electron chi connectivity index (χ3n) is 3.85. The minimum Gasteiger partial charge on any atom is -0.207 e. The van der Waals surface area contributed by atoms with Crippen LogP contribution in [0.4, 0.5) is 8.78 Å². The van der Waals surface area contributed by atoms with Crippen molar-refractivity contribution in [3.05, 3.63) is 0 Å². The molecule has 0 aromatic heterocycles. The zero-order chi connectivity index (χ0) is 16.0. The highest BCUT2D eigenvalue weighted by Crippen LogP contribution is 2.30. The average Bonchev–Trinajstić information content (AvgIpc) is 2.39. The number of hydrogen-bond donors (Lipinski definition) is 0. The normalized spacial score (nSPS) is 14.4. The van der Waals surface area contributed by atoms with Crippen LogP contribution in [0, 0.1) is 11.8 Å². The largest absolute Gasteiger partial charge is 0.248 e. The van der Waals surface area contributed by atoms with Crippen LogP contribution in [-0.2, 0) is 0 Å². The summed E-state index contributed by atoms with van der Waals surface area (Å²) in [5.74, 6) is -1.46. The van der Waals surface area contributed by atoms with E-state index in [-0.39, 0.29) is 18.8 Å². The molecule has 0 aromatic rings. The molecule has 0 bridgehead atoms. The summed E-state index contributed by atoms with van der Waals surface area (Å²) in [5, 5.41) is 0. The van der Waals surface area contributed by atoms with E-state index in [1.165, 1.54) is 25.7 Å². The van der Waals surface area contributed by atoms with Crippen molar-refractivity contribution in [2.45, 2.75) is 105 Å². The molecule has 20 heavy (non-hydrogen) atoms. The van der Waals surface area contributed by atoms with Gasteiger partial charge in [0.05, 0.1) is 0 Å². The summed E-state index contributed by atoms with van der Waals surface area (Å²) in [7, 11) is 0. The number of alkyl halides is 2. The Labute approximate surface area is 126 Å². The van der Waals surface area contributed by atoms with Crippen molar-refractivity contribution >= 4 is 0 Å². The predicted molar refractivity (Wildman–Crippen MR) is 87.5 cm³/mol. The standard InChI is InChI=1S/C16H32F2.C2H6/c1-5-12-16(17,18)13-15(4)11-9-7-8-10-14(3)6-2;1-2/h14-15H,5-13H2,1-4H3;1-2H3. The van der Waals surface area contributed by atoms with Gasteiger partial charge in [0, 0.05) is 12.8 Å². The number of rotatable bonds is 11. The first-order valence-corrected chi connectivity index (χ1v) is 8.79. The molecular formula is C18H38F2. The molecule has 0 aliphatic rings. The summed E-state index contributed by atoms with van der Waals surface area (Å²) >= 11 is 0. The molecule has 2 atom stereocenters. The maximum Gasteiger partial charge on any atom is 0.248 e. The molecule has 0 aliphatic carbocycles. The second kappa shape index (κ2) is 13.8. The quantitative estimate of drug-likeness (QED) is 0.346. The zero-order valence-electron chi connectivity index (χ0n) is 14.8. The molecule has 0 rings (SSSR count). The van der Waals surface area contributed by atoms with Crippen LogP contribution in [0.15, 0.2) is 0 Å². The molecule has 0 aliphatic heterocycles. The van der Waals surface area contributed by atoms with Crippen molar-refractivity contribution in [1.82, 2.24) is 0 Å². The summed E-state index contributed by atoms with van der Waals surface area (Å²) in [5.41, 5.74) is 0. The monoisotopic (exact) mass is 292 g/mol. The Morgan fingerprint density at radius 2 is 1.35 bits per heavy atom. The molecule has 0 N–H and O–H groups in total. The van der Waals surface area contributed by atoms with Gasteiger partial charge < -0.3 is 0 Å². The fraction of sp³-hybridized carbons (Fsp3) is 1.00. The lowest BCUT2D eigenvalue weighted by Gasteiger charge is -2.20. The van der Waals surface area contributed by atoms with Gasteiger partial charge in [-0.05, 0) is 11.8 Å². The molecular weight excluding hydrogens is 254 g/mol. The lowest BCUT2D eigenvalue weighted by Crippen LogP contribution is -2.19. The van der Waals surface area contributed by atoms with Crippen LogP contribution in [0.25, 0.3) is 0 Å². The fourth-order valence-corrected chi connectivity index (χ4v) is 2.45. The minimum atomic E-state index is -2.44. The summed E-state index contributed by atoms with van der Waals surface area (Å²) in [6.07, 6.45) is 7.77. The van der Waals surface area contributed by atoms with E-state index in [0.29, 0.717) is 6.42 Å². The minimum absolute atomic E-state index is 0.0470. The Kier molecular flexibility index (Phi) is 15.3. The van der Waals surface area contributed by atoms with Gasteiger partial charge in [0.1, 0.15) is 0 Å². The Bertz CT molecular complexity index is 190. The van der Waals surface area contributed by atoms with Gasteiger partial charge in [-0.1, -0.05) is 86.5 Å². The Morgan fingerprint density at radius 1 is 0.850 bits per heavy atom. The third-order valence-corrected chi connectivity index (χ3v) is 3.85. The van der Waals surface area contributed by atoms with Crippen molar-refractivity contribution in [3.63, 3.8) is 0 Å². The van der Waals surface area contributed by atoms with Crippen molar-refractivity contribution in [1.29, 1.82) is 0 Å². The van der Waals surface area contributed by atoms with Crippen LogP contribution in [0.2, 0.25) is 0 Å². The predicted octanol–water partition coefficient (Wildman–Crippen LogP) is 7.47. The molecule has 0 saturated heterocycles. The van der Waals surface area contributed by atoms with Crippen molar-refractivity contribution in [3.8, 4) is 0 Å². The lowest BCUT2D eigenvalue weighted by molar-refractivity contribution is -0.0305. The molecule has 0 amide bonds. The molecule has 0 radical (unpaired) electrons. The highest BCUT2D eigenvalue weighted by atomic mass is 19.3. The molecule has 124 valence electrons. The lowest BCUT2D eigenvalue weighted by atomic mass is 9.93. The smallest absolute Gasteiger partial charge is 0.207 e. The van der Waals surface area contributed by atoms with Crippen LogP contribution < -0.4 is 0 Å². The van der Waals surface area contributed by atoms with E-state index in [1.807, 2.05) is 27.7 Å². The summed E-state index contributed by atoms with van der Waals surface area (Å²) in [6.45, 7) is 12.3. The van der Waals surface area contributed by atoms with E-state index in [0.717, 1.165) is 18.8 Å². The summed E-state index contributed by atoms with van der Waals surface area (Å²) in [4.78, 5) is 0. The van der Waals surface area contributed by atoms with E-state index in [1.54, 1.807) is 0 Å². The van der Waals surface area contributed by atoms with E-state index >= 15 is 0 Å². The van der Waals surface area contributed by atoms with Gasteiger partial charge >= 0.3 is 0 Å². The Hall–Kier alpha value is -0.140. The number of halogens is 2. The van der Waals surface area contributed by atoms with Gasteiger partial charge in [-0.25, -0.2) is 8.78 Å². The highest BCUT2D eigenvalue weighted by molar-refractivity contribution is 4.69. The molecule has 0 nitrogen and oxygen atoms in total. The first kappa shape index (κ1) is 22.1. The highest BCUT2D eigenvalue weighted by Gasteiger charge is 2.29. The second-order valence-corrected chi connectivity index (χ2v) is 6.07. The maximum atomic E-state index is 13.4. The van der Waals surface area contributed by atoms with E-state index < -0.39 is 5.92 Å². The van der Waals surface area contributed by atoms with Crippen molar-refractivity contribution in [2.75, 3.05) is 0 Å². The van der Waals surface area contributed by atoms with Gasteiger partial charge in [0.2, 0.25) is 5.92 Å². The van der Waals surface area contributed by atoms with Gasteiger partial charge in [0.25, 0.3) is 0 Å². The van der Waals surface area contributed by atoms with Crippen molar-refractivity contribution in [2.24, 2.45) is 11.8 Å². The number of unbranched alkanes of at least 4 members (excludes halogenated alkanes) is 2. The third kappa shape index (κ3) is 14.3. The average molecular weight is 292 g/mol. The molecule has 0 aromatic carbocycles. The second-order valence-electron chi connectivity index (χ2n) is 6.07. The molecule has 0 fully saturated rings. The molecule has 0 heterocycles. The van der Waals surface area contributed by atoms with Crippen LogP contribution in [0.3, 0.4) is 0 Å². The first-order chi connectivity index (χ1) is 9.41. The Morgan fingerprint density at radius 3 is 1.80 bits per heavy atom. The van der Waals surface area contributed by atoms with E-state index in [2.05, 4.69) is 13.8 Å². The molecule has 2 heteroatoms. The molecule has 0 spiro atoms. The van der Waals surface area contributed by atoms with Crippen LogP contribution >= 0.6 is 0 Å². The van der Waals surface area contributed by atoms with Crippen molar-refractivity contribution < 1.29 is 8.78 Å². The fourth-order valence-electron chi connectivity index (χ4n) is 2.45. The maximum absolute atomic E-state index is 13.4. The number of hydrogen-bond acceptors (Lipinski definition) is 0. The van der Waals surface area contributed by atoms with Crippen LogP contribution in [0.1, 0.15) is 99.3 Å². The zero-order valence-corrected chi connectivity index (χ0v) is 14.8. The van der Waals surface area contributed by atoms with Gasteiger partial charge in [-0.2, -0.15) is 0 Å². The van der Waals surface area contributed by atoms with Gasteiger partial charge in [-0.15, -0.1) is 0 Å². The topological polar surface area (TPSA) is 0 Å². The van der Waals surface area contributed by atoms with Crippen LogP contribution in [-0.4, -0.2) is 5.92 Å². The summed E-state index contributed by atoms with van der Waals surface area (Å²) in [6, 6.07) is 0. The summed E-state index contributed by atoms with van der Waals surface area (Å²) < 4.78 is 26.8. The Balaban J connectivity index is 0. The van der Waals surface area contributed by atoms with Gasteiger partial charge in [-0.3, -0.25) is 0 Å². The van der Waals surface area contributed by atoms with Crippen LogP contribution in [0.5, 0.6) is 0 Å². The molecule has 2 unspecified atom stereocenters. The molecule has 0 saturated carbocycles. The van der Waals surface area contributed by atoms with Gasteiger partial charge in [0.15, 0.2) is 0 Å².